The first kappa shape index (κ1) is 22.5. The van der Waals surface area contributed by atoms with Gasteiger partial charge in [0, 0.05) is 24.1 Å². The molecule has 2 aromatic heterocycles. The van der Waals surface area contributed by atoms with Crippen LogP contribution >= 0.6 is 11.8 Å². The molecule has 0 aromatic carbocycles. The predicted molar refractivity (Wildman–Crippen MR) is 115 cm³/mol. The molecule has 8 heteroatoms. The maximum atomic E-state index is 13.0. The zero-order chi connectivity index (χ0) is 21.3. The summed E-state index contributed by atoms with van der Waals surface area (Å²) >= 11 is 1.37. The first-order chi connectivity index (χ1) is 14.5. The smallest absolute Gasteiger partial charge is 0.286 e. The van der Waals surface area contributed by atoms with Crippen molar-refractivity contribution in [3.8, 4) is 0 Å². The fraction of sp³-hybridized carbons (Fsp3) is 0.591. The number of carbonyl (C=O) groups is 2. The zero-order valence-corrected chi connectivity index (χ0v) is 18.5. The number of hydrogen-bond acceptors (Lipinski definition) is 7. The summed E-state index contributed by atoms with van der Waals surface area (Å²) in [6, 6.07) is 3.19. The molecule has 2 heterocycles. The van der Waals surface area contributed by atoms with Crippen LogP contribution in [0.25, 0.3) is 0 Å². The summed E-state index contributed by atoms with van der Waals surface area (Å²) in [4.78, 5) is 29.8. The van der Waals surface area contributed by atoms with Crippen molar-refractivity contribution in [2.24, 2.45) is 11.8 Å². The Balaban J connectivity index is 1.62. The Morgan fingerprint density at radius 3 is 2.50 bits per heavy atom. The van der Waals surface area contributed by atoms with Gasteiger partial charge in [0.15, 0.2) is 0 Å². The molecule has 1 amide bonds. The summed E-state index contributed by atoms with van der Waals surface area (Å²) in [5, 5.41) is 11.3. The summed E-state index contributed by atoms with van der Waals surface area (Å²) < 4.78 is 5.60. The minimum atomic E-state index is -0.640. The lowest BCUT2D eigenvalue weighted by molar-refractivity contribution is -0.126. The normalized spacial score (nSPS) is 16.2. The maximum absolute atomic E-state index is 13.0. The summed E-state index contributed by atoms with van der Waals surface area (Å²) in [7, 11) is 0. The molecule has 0 spiro atoms. The van der Waals surface area contributed by atoms with E-state index in [9.17, 15) is 9.59 Å². The van der Waals surface area contributed by atoms with Crippen molar-refractivity contribution >= 4 is 23.5 Å². The van der Waals surface area contributed by atoms with Crippen LogP contribution < -0.4 is 5.32 Å². The molecular formula is C22H30N4O3S. The van der Waals surface area contributed by atoms with Crippen LogP contribution in [0, 0.1) is 11.8 Å². The number of hydrogen-bond donors (Lipinski definition) is 1. The van der Waals surface area contributed by atoms with E-state index < -0.39 is 6.04 Å². The molecule has 1 aliphatic rings. The molecule has 0 bridgehead atoms. The fourth-order valence-electron chi connectivity index (χ4n) is 3.67. The summed E-state index contributed by atoms with van der Waals surface area (Å²) in [6.07, 6.45) is 10.3. The minimum Gasteiger partial charge on any atom is -0.408 e. The van der Waals surface area contributed by atoms with E-state index in [2.05, 4.69) is 20.5 Å². The Morgan fingerprint density at radius 1 is 1.13 bits per heavy atom. The molecule has 0 saturated heterocycles. The summed E-state index contributed by atoms with van der Waals surface area (Å²) in [5.41, 5.74) is 1.08. The van der Waals surface area contributed by atoms with Gasteiger partial charge >= 0.3 is 0 Å². The highest BCUT2D eigenvalue weighted by molar-refractivity contribution is 7.98. The highest BCUT2D eigenvalue weighted by Gasteiger charge is 2.30. The molecule has 1 aliphatic carbocycles. The Kier molecular flexibility index (Phi) is 8.42. The van der Waals surface area contributed by atoms with Crippen LogP contribution in [0.4, 0.5) is 0 Å². The molecule has 30 heavy (non-hydrogen) atoms. The first-order valence-corrected chi connectivity index (χ1v) is 11.7. The van der Waals surface area contributed by atoms with E-state index in [1.54, 1.807) is 12.4 Å². The largest absolute Gasteiger partial charge is 0.408 e. The molecule has 162 valence electrons. The maximum Gasteiger partial charge on any atom is 0.286 e. The fourth-order valence-corrected chi connectivity index (χ4v) is 4.39. The van der Waals surface area contributed by atoms with Crippen molar-refractivity contribution in [1.82, 2.24) is 20.5 Å². The monoisotopic (exact) mass is 430 g/mol. The lowest BCUT2D eigenvalue weighted by atomic mass is 9.96. The van der Waals surface area contributed by atoms with E-state index in [0.29, 0.717) is 17.4 Å². The van der Waals surface area contributed by atoms with Crippen LogP contribution in [-0.4, -0.2) is 32.9 Å². The van der Waals surface area contributed by atoms with Crippen molar-refractivity contribution in [2.45, 2.75) is 75.8 Å². The van der Waals surface area contributed by atoms with E-state index in [0.717, 1.165) is 31.2 Å². The third-order valence-corrected chi connectivity index (χ3v) is 6.18. The molecule has 1 fully saturated rings. The lowest BCUT2D eigenvalue weighted by Crippen LogP contribution is -2.44. The Bertz CT molecular complexity index is 817. The zero-order valence-electron chi connectivity index (χ0n) is 17.7. The van der Waals surface area contributed by atoms with Gasteiger partial charge in [-0.15, -0.1) is 10.2 Å². The van der Waals surface area contributed by atoms with Crippen LogP contribution in [-0.2, 0) is 10.5 Å². The van der Waals surface area contributed by atoms with Crippen molar-refractivity contribution in [3.63, 3.8) is 0 Å². The van der Waals surface area contributed by atoms with Crippen molar-refractivity contribution in [3.05, 3.63) is 36.0 Å². The van der Waals surface area contributed by atoms with Gasteiger partial charge in [-0.25, -0.2) is 0 Å². The van der Waals surface area contributed by atoms with Crippen LogP contribution in [0.15, 0.2) is 34.2 Å². The van der Waals surface area contributed by atoms with Crippen LogP contribution in [0.1, 0.15) is 75.0 Å². The van der Waals surface area contributed by atoms with Crippen molar-refractivity contribution in [2.75, 3.05) is 0 Å². The number of aromatic nitrogens is 3. The number of amides is 1. The summed E-state index contributed by atoms with van der Waals surface area (Å²) in [6.45, 7) is 4.06. The number of pyridine rings is 1. The van der Waals surface area contributed by atoms with E-state index in [-0.39, 0.29) is 29.4 Å². The van der Waals surface area contributed by atoms with Crippen molar-refractivity contribution < 1.29 is 14.0 Å². The second kappa shape index (κ2) is 11.2. The van der Waals surface area contributed by atoms with Gasteiger partial charge in [0.2, 0.25) is 11.7 Å². The second-order valence-corrected chi connectivity index (χ2v) is 9.19. The molecule has 1 atom stereocenters. The summed E-state index contributed by atoms with van der Waals surface area (Å²) in [5.74, 6) is 0.503. The topological polar surface area (TPSA) is 98.0 Å². The van der Waals surface area contributed by atoms with E-state index in [4.69, 9.17) is 4.42 Å². The molecular weight excluding hydrogens is 400 g/mol. The second-order valence-electron chi connectivity index (χ2n) is 8.26. The average molecular weight is 431 g/mol. The molecule has 0 aliphatic heterocycles. The van der Waals surface area contributed by atoms with Gasteiger partial charge in [0.25, 0.3) is 11.1 Å². The third kappa shape index (κ3) is 6.65. The first-order valence-electron chi connectivity index (χ1n) is 10.7. The minimum absolute atomic E-state index is 0.0101. The molecule has 3 rings (SSSR count). The predicted octanol–water partition coefficient (Wildman–Crippen LogP) is 4.44. The van der Waals surface area contributed by atoms with Crippen LogP contribution in [0.2, 0.25) is 0 Å². The van der Waals surface area contributed by atoms with E-state index in [1.807, 2.05) is 26.0 Å². The van der Waals surface area contributed by atoms with Crippen molar-refractivity contribution in [1.29, 1.82) is 0 Å². The van der Waals surface area contributed by atoms with Crippen LogP contribution in [0.3, 0.4) is 0 Å². The highest BCUT2D eigenvalue weighted by atomic mass is 32.2. The van der Waals surface area contributed by atoms with Gasteiger partial charge in [-0.2, -0.15) is 0 Å². The Morgan fingerprint density at radius 2 is 1.83 bits per heavy atom. The number of thioether (sulfide) groups is 1. The Hall–Kier alpha value is -2.22. The van der Waals surface area contributed by atoms with Gasteiger partial charge in [-0.3, -0.25) is 14.6 Å². The van der Waals surface area contributed by atoms with Gasteiger partial charge < -0.3 is 9.73 Å². The Labute approximate surface area is 181 Å². The van der Waals surface area contributed by atoms with Gasteiger partial charge in [-0.1, -0.05) is 51.3 Å². The van der Waals surface area contributed by atoms with Crippen LogP contribution in [0.5, 0.6) is 0 Å². The lowest BCUT2D eigenvalue weighted by Gasteiger charge is -2.21. The standard InChI is InChI=1S/C22H30N4O3S/c1-15(2)13-18(24-20(28)17-7-5-3-4-6-8-17)19(27)21-25-26-22(29-21)30-14-16-9-11-23-12-10-16/h9-12,15,17-18H,3-8,13-14H2,1-2H3,(H,24,28)/t18-/m0/s1. The number of ketones is 1. The van der Waals surface area contributed by atoms with Gasteiger partial charge in [0.1, 0.15) is 0 Å². The number of nitrogens with one attached hydrogen (secondary N) is 1. The highest BCUT2D eigenvalue weighted by Crippen LogP contribution is 2.24. The number of carbonyl (C=O) groups excluding carboxylic acids is 2. The van der Waals surface area contributed by atoms with E-state index >= 15 is 0 Å². The molecule has 0 radical (unpaired) electrons. The quantitative estimate of drug-likeness (QED) is 0.357. The van der Waals surface area contributed by atoms with Gasteiger partial charge in [0.05, 0.1) is 6.04 Å². The number of rotatable bonds is 9. The number of Topliss-reactive ketones (excluding diaryl/α,β-unsaturated/α-hetero) is 1. The molecule has 0 unspecified atom stereocenters. The van der Waals surface area contributed by atoms with Gasteiger partial charge in [-0.05, 0) is 42.9 Å². The average Bonchev–Trinajstić information content (AvgIpc) is 3.04. The SMILES string of the molecule is CC(C)C[C@H](NC(=O)C1CCCCCC1)C(=O)c1nnc(SCc2ccncc2)o1. The van der Waals surface area contributed by atoms with E-state index in [1.165, 1.54) is 24.6 Å². The molecule has 2 aromatic rings. The molecule has 1 saturated carbocycles. The molecule has 1 N–H and O–H groups in total. The third-order valence-electron chi connectivity index (χ3n) is 5.29. The number of nitrogens with zero attached hydrogens (tertiary/aromatic N) is 3. The molecule has 7 nitrogen and oxygen atoms in total.